The van der Waals surface area contributed by atoms with Crippen LogP contribution in [0.25, 0.3) is 0 Å². The predicted molar refractivity (Wildman–Crippen MR) is 100 cm³/mol. The fourth-order valence-electron chi connectivity index (χ4n) is 3.41. The van der Waals surface area contributed by atoms with Gasteiger partial charge in [-0.25, -0.2) is 13.2 Å². The van der Waals surface area contributed by atoms with Crippen molar-refractivity contribution >= 4 is 27.6 Å². The molecule has 0 fully saturated rings. The number of para-hydroxylation sites is 1. The Hall–Kier alpha value is -2.87. The third-order valence-corrected chi connectivity index (χ3v) is 6.53. The number of rotatable bonds is 4. The molecule has 0 bridgehead atoms. The van der Waals surface area contributed by atoms with Gasteiger partial charge in [0.25, 0.3) is 10.0 Å². The van der Waals surface area contributed by atoms with Crippen LogP contribution in [0.15, 0.2) is 47.4 Å². The lowest BCUT2D eigenvalue weighted by atomic mass is 10.00. The quantitative estimate of drug-likeness (QED) is 0.833. The summed E-state index contributed by atoms with van der Waals surface area (Å²) in [5, 5.41) is 12.1. The molecular weight excluding hydrogens is 368 g/mol. The molecule has 1 aliphatic heterocycles. The molecule has 1 aliphatic rings. The molecular formula is C19H20N2O5S. The van der Waals surface area contributed by atoms with Crippen molar-refractivity contribution in [2.24, 2.45) is 0 Å². The van der Waals surface area contributed by atoms with Crippen LogP contribution in [-0.2, 0) is 21.2 Å². The molecule has 0 saturated carbocycles. The first-order valence-electron chi connectivity index (χ1n) is 8.42. The Morgan fingerprint density at radius 1 is 1.15 bits per heavy atom. The van der Waals surface area contributed by atoms with E-state index in [1.54, 1.807) is 12.1 Å². The van der Waals surface area contributed by atoms with Gasteiger partial charge in [0.15, 0.2) is 0 Å². The Bertz CT molecular complexity index is 1020. The molecule has 7 nitrogen and oxygen atoms in total. The number of benzene rings is 2. The summed E-state index contributed by atoms with van der Waals surface area (Å²) in [5.41, 5.74) is 1.47. The van der Waals surface area contributed by atoms with Crippen molar-refractivity contribution in [2.45, 2.75) is 31.2 Å². The second kappa shape index (κ2) is 7.03. The van der Waals surface area contributed by atoms with E-state index in [2.05, 4.69) is 5.32 Å². The highest BCUT2D eigenvalue weighted by molar-refractivity contribution is 7.92. The van der Waals surface area contributed by atoms with E-state index in [0.717, 1.165) is 5.56 Å². The summed E-state index contributed by atoms with van der Waals surface area (Å²) in [6, 6.07) is 10.9. The normalized spacial score (nSPS) is 16.5. The zero-order valence-corrected chi connectivity index (χ0v) is 15.8. The van der Waals surface area contributed by atoms with Gasteiger partial charge in [-0.3, -0.25) is 9.10 Å². The van der Waals surface area contributed by atoms with Gasteiger partial charge in [-0.2, -0.15) is 0 Å². The van der Waals surface area contributed by atoms with Crippen LogP contribution in [0.5, 0.6) is 0 Å². The average Bonchev–Trinajstić information content (AvgIpc) is 2.60. The molecule has 1 heterocycles. The first-order chi connectivity index (χ1) is 12.7. The highest BCUT2D eigenvalue weighted by Gasteiger charge is 2.34. The predicted octanol–water partition coefficient (Wildman–Crippen LogP) is 1.95. The number of aromatic carboxylic acids is 1. The Morgan fingerprint density at radius 2 is 1.85 bits per heavy atom. The summed E-state index contributed by atoms with van der Waals surface area (Å²) >= 11 is 0. The second-order valence-electron chi connectivity index (χ2n) is 6.50. The van der Waals surface area contributed by atoms with Crippen molar-refractivity contribution < 1.29 is 23.1 Å². The molecule has 1 amide bonds. The maximum absolute atomic E-state index is 13.4. The largest absolute Gasteiger partial charge is 0.478 e. The molecule has 0 aromatic heterocycles. The van der Waals surface area contributed by atoms with E-state index in [4.69, 9.17) is 0 Å². The van der Waals surface area contributed by atoms with E-state index < -0.39 is 16.0 Å². The van der Waals surface area contributed by atoms with Crippen molar-refractivity contribution in [2.75, 3.05) is 10.8 Å². The fourth-order valence-corrected chi connectivity index (χ4v) is 5.21. The smallest absolute Gasteiger partial charge is 0.335 e. The Balaban J connectivity index is 2.12. The van der Waals surface area contributed by atoms with Gasteiger partial charge in [-0.1, -0.05) is 24.3 Å². The molecule has 1 atom stereocenters. The van der Waals surface area contributed by atoms with Gasteiger partial charge in [0.1, 0.15) is 0 Å². The van der Waals surface area contributed by atoms with Gasteiger partial charge in [0.2, 0.25) is 5.91 Å². The third-order valence-electron chi connectivity index (χ3n) is 4.60. The number of hydrogen-bond acceptors (Lipinski definition) is 4. The van der Waals surface area contributed by atoms with E-state index in [0.29, 0.717) is 12.1 Å². The molecule has 2 N–H and O–H groups in total. The average molecular weight is 388 g/mol. The SMILES string of the molecule is CC(=O)NC1Cc2ccccc2N(S(=O)(=O)c2cccc(C(=O)O)c2C)C1. The summed E-state index contributed by atoms with van der Waals surface area (Å²) in [6.45, 7) is 2.95. The highest BCUT2D eigenvalue weighted by atomic mass is 32.2. The fraction of sp³-hybridized carbons (Fsp3) is 0.263. The number of carboxylic acids is 1. The van der Waals surface area contributed by atoms with Crippen molar-refractivity contribution in [1.82, 2.24) is 5.32 Å². The molecule has 2 aromatic carbocycles. The summed E-state index contributed by atoms with van der Waals surface area (Å²) in [5.74, 6) is -1.42. The molecule has 142 valence electrons. The molecule has 8 heteroatoms. The molecule has 2 aromatic rings. The highest BCUT2D eigenvalue weighted by Crippen LogP contribution is 2.33. The Morgan fingerprint density at radius 3 is 2.52 bits per heavy atom. The van der Waals surface area contributed by atoms with Gasteiger partial charge >= 0.3 is 5.97 Å². The maximum Gasteiger partial charge on any atom is 0.335 e. The van der Waals surface area contributed by atoms with Crippen LogP contribution in [0, 0.1) is 6.92 Å². The van der Waals surface area contributed by atoms with Gasteiger partial charge in [-0.05, 0) is 42.7 Å². The second-order valence-corrected chi connectivity index (χ2v) is 8.33. The van der Waals surface area contributed by atoms with E-state index in [9.17, 15) is 23.1 Å². The van der Waals surface area contributed by atoms with Crippen LogP contribution < -0.4 is 9.62 Å². The van der Waals surface area contributed by atoms with Gasteiger partial charge in [0, 0.05) is 6.92 Å². The van der Waals surface area contributed by atoms with E-state index in [-0.39, 0.29) is 34.5 Å². The lowest BCUT2D eigenvalue weighted by Crippen LogP contribution is -2.49. The Kier molecular flexibility index (Phi) is 4.93. The lowest BCUT2D eigenvalue weighted by molar-refractivity contribution is -0.119. The van der Waals surface area contributed by atoms with Crippen LogP contribution in [-0.4, -0.2) is 38.0 Å². The van der Waals surface area contributed by atoms with E-state index in [1.807, 2.05) is 12.1 Å². The maximum atomic E-state index is 13.4. The number of sulfonamides is 1. The monoisotopic (exact) mass is 388 g/mol. The number of nitrogens with zero attached hydrogens (tertiary/aromatic N) is 1. The van der Waals surface area contributed by atoms with E-state index >= 15 is 0 Å². The minimum Gasteiger partial charge on any atom is -0.478 e. The zero-order valence-electron chi connectivity index (χ0n) is 15.0. The number of amides is 1. The van der Waals surface area contributed by atoms with Crippen LogP contribution in [0.3, 0.4) is 0 Å². The van der Waals surface area contributed by atoms with Crippen LogP contribution in [0.1, 0.15) is 28.4 Å². The van der Waals surface area contributed by atoms with Crippen molar-refractivity contribution in [1.29, 1.82) is 0 Å². The van der Waals surface area contributed by atoms with Crippen molar-refractivity contribution in [3.05, 3.63) is 59.2 Å². The number of hydrogen-bond donors (Lipinski definition) is 2. The standard InChI is InChI=1S/C19H20N2O5S/c1-12-16(19(23)24)7-5-9-18(12)27(25,26)21-11-15(20-13(2)22)10-14-6-3-4-8-17(14)21/h3-9,15H,10-11H2,1-2H3,(H,20,22)(H,23,24). The number of carbonyl (C=O) groups is 2. The van der Waals surface area contributed by atoms with Gasteiger partial charge in [-0.15, -0.1) is 0 Å². The summed E-state index contributed by atoms with van der Waals surface area (Å²) in [7, 11) is -4.01. The number of fused-ring (bicyclic) bond motifs is 1. The van der Waals surface area contributed by atoms with Crippen molar-refractivity contribution in [3.8, 4) is 0 Å². The molecule has 0 spiro atoms. The molecule has 1 unspecified atom stereocenters. The number of anilines is 1. The molecule has 0 radical (unpaired) electrons. The van der Waals surface area contributed by atoms with E-state index in [1.165, 1.54) is 36.4 Å². The van der Waals surface area contributed by atoms with Crippen molar-refractivity contribution in [3.63, 3.8) is 0 Å². The first kappa shape index (κ1) is 18.9. The first-order valence-corrected chi connectivity index (χ1v) is 9.86. The number of carboxylic acid groups (broad SMARTS) is 1. The zero-order chi connectivity index (χ0) is 19.8. The third kappa shape index (κ3) is 3.52. The minimum absolute atomic E-state index is 0.0549. The lowest BCUT2D eigenvalue weighted by Gasteiger charge is -2.35. The molecule has 3 rings (SSSR count). The van der Waals surface area contributed by atoms with Gasteiger partial charge < -0.3 is 10.4 Å². The van der Waals surface area contributed by atoms with Crippen LogP contribution in [0.4, 0.5) is 5.69 Å². The molecule has 0 aliphatic carbocycles. The Labute approximate surface area is 157 Å². The van der Waals surface area contributed by atoms with Crippen LogP contribution in [0.2, 0.25) is 0 Å². The minimum atomic E-state index is -4.01. The number of carbonyl (C=O) groups excluding carboxylic acids is 1. The summed E-state index contributed by atoms with van der Waals surface area (Å²) in [4.78, 5) is 22.8. The number of nitrogens with one attached hydrogen (secondary N) is 1. The molecule has 0 saturated heterocycles. The van der Waals surface area contributed by atoms with Gasteiger partial charge in [0.05, 0.1) is 28.7 Å². The topological polar surface area (TPSA) is 104 Å². The summed E-state index contributed by atoms with van der Waals surface area (Å²) < 4.78 is 28.0. The van der Waals surface area contributed by atoms with Crippen LogP contribution >= 0.6 is 0 Å². The summed E-state index contributed by atoms with van der Waals surface area (Å²) in [6.07, 6.45) is 0.524. The molecule has 27 heavy (non-hydrogen) atoms.